The molecule has 1 aromatic carbocycles. The lowest BCUT2D eigenvalue weighted by Crippen LogP contribution is -2.41. The monoisotopic (exact) mass is 310 g/mol. The molecule has 2 rings (SSSR count). The number of hydrogen-bond acceptors (Lipinski definition) is 3. The Labute approximate surface area is 128 Å². The minimum atomic E-state index is -3.51. The Hall–Kier alpha value is -0.910. The van der Waals surface area contributed by atoms with Gasteiger partial charge in [-0.1, -0.05) is 26.3 Å². The third-order valence-electron chi connectivity index (χ3n) is 4.76. The average molecular weight is 310 g/mol. The van der Waals surface area contributed by atoms with Crippen molar-refractivity contribution in [3.05, 3.63) is 28.8 Å². The molecular formula is C16H26N2O2S. The first kappa shape index (κ1) is 16.5. The van der Waals surface area contributed by atoms with Crippen LogP contribution in [0, 0.1) is 19.3 Å². The standard InChI is InChI=1S/C16H26N2O2S/c1-11-8-13(10-17)9-14(12(11)2)21(19,20)18-15-6-5-7-16(15,3)4/h8-9,15,18H,5-7,10,17H2,1-4H3. The van der Waals surface area contributed by atoms with Crippen molar-refractivity contribution in [2.75, 3.05) is 0 Å². The Morgan fingerprint density at radius 3 is 2.52 bits per heavy atom. The summed E-state index contributed by atoms with van der Waals surface area (Å²) < 4.78 is 28.4. The van der Waals surface area contributed by atoms with Crippen LogP contribution < -0.4 is 10.5 Å². The first-order chi connectivity index (χ1) is 9.67. The lowest BCUT2D eigenvalue weighted by atomic mass is 9.88. The molecule has 1 atom stereocenters. The lowest BCUT2D eigenvalue weighted by molar-refractivity contribution is 0.313. The average Bonchev–Trinajstić information content (AvgIpc) is 2.71. The van der Waals surface area contributed by atoms with Crippen LogP contribution in [-0.4, -0.2) is 14.5 Å². The second-order valence-electron chi connectivity index (χ2n) is 6.79. The maximum Gasteiger partial charge on any atom is 0.241 e. The van der Waals surface area contributed by atoms with Gasteiger partial charge < -0.3 is 5.73 Å². The van der Waals surface area contributed by atoms with E-state index in [0.717, 1.165) is 36.0 Å². The molecule has 4 nitrogen and oxygen atoms in total. The van der Waals surface area contributed by atoms with Gasteiger partial charge >= 0.3 is 0 Å². The molecule has 0 aromatic heterocycles. The molecule has 1 unspecified atom stereocenters. The quantitative estimate of drug-likeness (QED) is 0.898. The molecule has 0 radical (unpaired) electrons. The van der Waals surface area contributed by atoms with Crippen LogP contribution in [0.4, 0.5) is 0 Å². The van der Waals surface area contributed by atoms with Gasteiger partial charge in [0, 0.05) is 12.6 Å². The number of nitrogens with two attached hydrogens (primary N) is 1. The van der Waals surface area contributed by atoms with Crippen molar-refractivity contribution in [3.8, 4) is 0 Å². The molecule has 1 aliphatic carbocycles. The summed E-state index contributed by atoms with van der Waals surface area (Å²) in [5.74, 6) is 0. The van der Waals surface area contributed by atoms with Crippen LogP contribution in [0.1, 0.15) is 49.8 Å². The number of benzene rings is 1. The van der Waals surface area contributed by atoms with Crippen LogP contribution in [0.5, 0.6) is 0 Å². The highest BCUT2D eigenvalue weighted by Gasteiger charge is 2.37. The number of hydrogen-bond donors (Lipinski definition) is 2. The summed E-state index contributed by atoms with van der Waals surface area (Å²) in [6.45, 7) is 8.37. The van der Waals surface area contributed by atoms with Crippen molar-refractivity contribution in [2.24, 2.45) is 11.1 Å². The van der Waals surface area contributed by atoms with Crippen molar-refractivity contribution >= 4 is 10.0 Å². The molecule has 118 valence electrons. The van der Waals surface area contributed by atoms with Crippen LogP contribution in [0.3, 0.4) is 0 Å². The fourth-order valence-electron chi connectivity index (χ4n) is 3.09. The Morgan fingerprint density at radius 2 is 2.00 bits per heavy atom. The molecule has 3 N–H and O–H groups in total. The molecule has 0 amide bonds. The summed E-state index contributed by atoms with van der Waals surface area (Å²) in [7, 11) is -3.51. The van der Waals surface area contributed by atoms with Gasteiger partial charge in [-0.05, 0) is 54.9 Å². The van der Waals surface area contributed by atoms with Gasteiger partial charge in [-0.3, -0.25) is 0 Å². The number of sulfonamides is 1. The van der Waals surface area contributed by atoms with Crippen molar-refractivity contribution in [3.63, 3.8) is 0 Å². The van der Waals surface area contributed by atoms with E-state index in [0.29, 0.717) is 11.4 Å². The van der Waals surface area contributed by atoms with Gasteiger partial charge in [0.05, 0.1) is 4.90 Å². The molecule has 1 aliphatic rings. The molecule has 0 saturated heterocycles. The van der Waals surface area contributed by atoms with Crippen molar-refractivity contribution in [2.45, 2.75) is 64.4 Å². The Bertz CT molecular complexity index is 636. The van der Waals surface area contributed by atoms with E-state index in [1.807, 2.05) is 19.9 Å². The van der Waals surface area contributed by atoms with Crippen LogP contribution in [0.25, 0.3) is 0 Å². The Morgan fingerprint density at radius 1 is 1.33 bits per heavy atom. The van der Waals surface area contributed by atoms with Crippen LogP contribution >= 0.6 is 0 Å². The van der Waals surface area contributed by atoms with E-state index in [4.69, 9.17) is 5.73 Å². The molecule has 21 heavy (non-hydrogen) atoms. The summed E-state index contributed by atoms with van der Waals surface area (Å²) in [5.41, 5.74) is 8.30. The van der Waals surface area contributed by atoms with Gasteiger partial charge in [-0.2, -0.15) is 0 Å². The van der Waals surface area contributed by atoms with Gasteiger partial charge in [-0.25, -0.2) is 13.1 Å². The lowest BCUT2D eigenvalue weighted by Gasteiger charge is -2.28. The third kappa shape index (κ3) is 3.30. The van der Waals surface area contributed by atoms with Crippen LogP contribution in [-0.2, 0) is 16.6 Å². The van der Waals surface area contributed by atoms with Crippen LogP contribution in [0.2, 0.25) is 0 Å². The Balaban J connectivity index is 2.38. The maximum absolute atomic E-state index is 12.8. The van der Waals surface area contributed by atoms with E-state index in [2.05, 4.69) is 18.6 Å². The zero-order chi connectivity index (χ0) is 15.8. The molecule has 0 heterocycles. The second-order valence-corrected chi connectivity index (χ2v) is 8.48. The predicted molar refractivity (Wildman–Crippen MR) is 85.5 cm³/mol. The smallest absolute Gasteiger partial charge is 0.241 e. The number of nitrogens with one attached hydrogen (secondary N) is 1. The Kier molecular flexibility index (Phi) is 4.47. The third-order valence-corrected chi connectivity index (χ3v) is 6.36. The SMILES string of the molecule is Cc1cc(CN)cc(S(=O)(=O)NC2CCCC2(C)C)c1C. The summed E-state index contributed by atoms with van der Waals surface area (Å²) in [6, 6.07) is 3.66. The van der Waals surface area contributed by atoms with E-state index in [-0.39, 0.29) is 11.5 Å². The summed E-state index contributed by atoms with van der Waals surface area (Å²) in [6.07, 6.45) is 3.03. The van der Waals surface area contributed by atoms with Gasteiger partial charge in [0.25, 0.3) is 0 Å². The van der Waals surface area contributed by atoms with E-state index in [1.54, 1.807) is 6.07 Å². The normalized spacial score (nSPS) is 21.7. The second kappa shape index (κ2) is 5.71. The maximum atomic E-state index is 12.8. The summed E-state index contributed by atoms with van der Waals surface area (Å²) in [4.78, 5) is 0.366. The largest absolute Gasteiger partial charge is 0.326 e. The first-order valence-corrected chi connectivity index (χ1v) is 8.98. The van der Waals surface area contributed by atoms with E-state index in [9.17, 15) is 8.42 Å². The molecule has 1 aromatic rings. The molecule has 0 aliphatic heterocycles. The minimum absolute atomic E-state index is 0.00346. The summed E-state index contributed by atoms with van der Waals surface area (Å²) >= 11 is 0. The minimum Gasteiger partial charge on any atom is -0.326 e. The fraction of sp³-hybridized carbons (Fsp3) is 0.625. The van der Waals surface area contributed by atoms with E-state index >= 15 is 0 Å². The highest BCUT2D eigenvalue weighted by molar-refractivity contribution is 7.89. The molecule has 1 saturated carbocycles. The molecular weight excluding hydrogens is 284 g/mol. The van der Waals surface area contributed by atoms with Crippen molar-refractivity contribution in [1.29, 1.82) is 0 Å². The van der Waals surface area contributed by atoms with Crippen LogP contribution in [0.15, 0.2) is 17.0 Å². The predicted octanol–water partition coefficient (Wildman–Crippen LogP) is 2.62. The van der Waals surface area contributed by atoms with Gasteiger partial charge in [-0.15, -0.1) is 0 Å². The summed E-state index contributed by atoms with van der Waals surface area (Å²) in [5, 5.41) is 0. The van der Waals surface area contributed by atoms with E-state index in [1.165, 1.54) is 0 Å². The van der Waals surface area contributed by atoms with E-state index < -0.39 is 10.0 Å². The van der Waals surface area contributed by atoms with Gasteiger partial charge in [0.1, 0.15) is 0 Å². The van der Waals surface area contributed by atoms with Crippen molar-refractivity contribution < 1.29 is 8.42 Å². The molecule has 0 bridgehead atoms. The van der Waals surface area contributed by atoms with Gasteiger partial charge in [0.15, 0.2) is 0 Å². The number of rotatable bonds is 4. The zero-order valence-corrected chi connectivity index (χ0v) is 14.2. The topological polar surface area (TPSA) is 72.2 Å². The highest BCUT2D eigenvalue weighted by Crippen LogP contribution is 2.38. The van der Waals surface area contributed by atoms with Crippen molar-refractivity contribution in [1.82, 2.24) is 4.72 Å². The molecule has 5 heteroatoms. The fourth-order valence-corrected chi connectivity index (χ4v) is 4.90. The molecule has 0 spiro atoms. The zero-order valence-electron chi connectivity index (χ0n) is 13.4. The number of aryl methyl sites for hydroxylation is 1. The highest BCUT2D eigenvalue weighted by atomic mass is 32.2. The first-order valence-electron chi connectivity index (χ1n) is 7.50. The molecule has 1 fully saturated rings. The van der Waals surface area contributed by atoms with Gasteiger partial charge in [0.2, 0.25) is 10.0 Å².